The van der Waals surface area contributed by atoms with Gasteiger partial charge in [-0.05, 0) is 41.5 Å². The maximum Gasteiger partial charge on any atom is 0.299 e. The molecule has 8 heteroatoms. The first-order valence-electron chi connectivity index (χ1n) is 11.2. The Bertz CT molecular complexity index is 1330. The highest BCUT2D eigenvalue weighted by Crippen LogP contribution is 2.27. The third kappa shape index (κ3) is 4.52. The van der Waals surface area contributed by atoms with Crippen molar-refractivity contribution in [1.29, 1.82) is 0 Å². The van der Waals surface area contributed by atoms with E-state index in [1.165, 1.54) is 22.9 Å². The highest BCUT2D eigenvalue weighted by molar-refractivity contribution is 5.66. The summed E-state index contributed by atoms with van der Waals surface area (Å²) in [7, 11) is 1.61. The Morgan fingerprint density at radius 1 is 0.941 bits per heavy atom. The van der Waals surface area contributed by atoms with Crippen molar-refractivity contribution in [2.24, 2.45) is 7.05 Å². The van der Waals surface area contributed by atoms with E-state index in [-0.39, 0.29) is 28.9 Å². The molecule has 0 atom stereocenters. The van der Waals surface area contributed by atoms with Crippen LogP contribution in [0.4, 0.5) is 10.1 Å². The molecule has 0 unspecified atom stereocenters. The molecule has 7 nitrogen and oxygen atoms in total. The van der Waals surface area contributed by atoms with E-state index in [1.54, 1.807) is 19.4 Å². The van der Waals surface area contributed by atoms with Crippen molar-refractivity contribution in [1.82, 2.24) is 19.5 Å². The molecule has 0 aliphatic carbocycles. The first-order valence-corrected chi connectivity index (χ1v) is 11.2. The molecule has 4 heterocycles. The van der Waals surface area contributed by atoms with Crippen LogP contribution in [0.15, 0.2) is 78.1 Å². The summed E-state index contributed by atoms with van der Waals surface area (Å²) in [5.41, 5.74) is 3.62. The van der Waals surface area contributed by atoms with Crippen molar-refractivity contribution in [2.45, 2.75) is 18.9 Å². The summed E-state index contributed by atoms with van der Waals surface area (Å²) in [6.45, 7) is 1.65. The number of nitrogens with zero attached hydrogens (tertiary/aromatic N) is 5. The van der Waals surface area contributed by atoms with Crippen molar-refractivity contribution in [3.63, 3.8) is 0 Å². The molecule has 1 saturated heterocycles. The lowest BCUT2D eigenvalue weighted by molar-refractivity contribution is 0.149. The third-order valence-corrected chi connectivity index (χ3v) is 6.10. The minimum atomic E-state index is -0.530. The fraction of sp³-hybridized carbons (Fsp3) is 0.231. The molecule has 1 fully saturated rings. The fourth-order valence-electron chi connectivity index (χ4n) is 4.13. The van der Waals surface area contributed by atoms with Crippen molar-refractivity contribution in [3.8, 4) is 28.4 Å². The molecule has 0 radical (unpaired) electrons. The van der Waals surface area contributed by atoms with E-state index in [2.05, 4.69) is 44.1 Å². The molecule has 4 aromatic rings. The Morgan fingerprint density at radius 2 is 1.62 bits per heavy atom. The topological polar surface area (TPSA) is 73.1 Å². The summed E-state index contributed by atoms with van der Waals surface area (Å²) in [6.07, 6.45) is 7.66. The number of benzene rings is 1. The van der Waals surface area contributed by atoms with Gasteiger partial charge in [-0.25, -0.2) is 4.39 Å². The van der Waals surface area contributed by atoms with Crippen molar-refractivity contribution >= 4 is 5.69 Å². The van der Waals surface area contributed by atoms with Gasteiger partial charge in [0.15, 0.2) is 5.82 Å². The van der Waals surface area contributed by atoms with Crippen LogP contribution in [0.25, 0.3) is 22.4 Å². The zero-order valence-corrected chi connectivity index (χ0v) is 18.8. The van der Waals surface area contributed by atoms with Gasteiger partial charge >= 0.3 is 0 Å². The van der Waals surface area contributed by atoms with Crippen molar-refractivity contribution in [3.05, 3.63) is 89.5 Å². The van der Waals surface area contributed by atoms with E-state index in [9.17, 15) is 9.18 Å². The Hall–Kier alpha value is -4.07. The molecule has 0 spiro atoms. The van der Waals surface area contributed by atoms with Crippen LogP contribution in [0.2, 0.25) is 0 Å². The molecule has 0 N–H and O–H groups in total. The van der Waals surface area contributed by atoms with Gasteiger partial charge in [-0.3, -0.25) is 19.3 Å². The summed E-state index contributed by atoms with van der Waals surface area (Å²) < 4.78 is 21.6. The first-order chi connectivity index (χ1) is 16.6. The first kappa shape index (κ1) is 21.8. The smallest absolute Gasteiger partial charge is 0.299 e. The fourth-order valence-corrected chi connectivity index (χ4v) is 4.13. The second kappa shape index (κ2) is 9.43. The van der Waals surface area contributed by atoms with Crippen LogP contribution in [0.3, 0.4) is 0 Å². The lowest BCUT2D eigenvalue weighted by Gasteiger charge is -2.33. The molecule has 34 heavy (non-hydrogen) atoms. The van der Waals surface area contributed by atoms with Gasteiger partial charge in [-0.15, -0.1) is 0 Å². The molecule has 0 saturated carbocycles. The Morgan fingerprint density at radius 3 is 2.32 bits per heavy atom. The summed E-state index contributed by atoms with van der Waals surface area (Å²) >= 11 is 0. The number of pyridine rings is 2. The Labute approximate surface area is 196 Å². The van der Waals surface area contributed by atoms with Gasteiger partial charge in [0.25, 0.3) is 11.6 Å². The van der Waals surface area contributed by atoms with E-state index in [4.69, 9.17) is 4.74 Å². The molecule has 0 bridgehead atoms. The lowest BCUT2D eigenvalue weighted by Crippen LogP contribution is -2.39. The lowest BCUT2D eigenvalue weighted by atomic mass is 10.0. The second-order valence-corrected chi connectivity index (χ2v) is 8.26. The van der Waals surface area contributed by atoms with E-state index in [0.29, 0.717) is 0 Å². The summed E-state index contributed by atoms with van der Waals surface area (Å²) in [5.74, 6) is -0.530. The van der Waals surface area contributed by atoms with Crippen LogP contribution in [0.5, 0.6) is 6.01 Å². The van der Waals surface area contributed by atoms with Gasteiger partial charge in [-0.1, -0.05) is 12.1 Å². The number of ether oxygens (including phenoxy) is 1. The predicted octanol–water partition coefficient (Wildman–Crippen LogP) is 4.09. The quantitative estimate of drug-likeness (QED) is 0.450. The Balaban J connectivity index is 1.26. The van der Waals surface area contributed by atoms with Gasteiger partial charge < -0.3 is 9.64 Å². The van der Waals surface area contributed by atoms with Crippen LogP contribution in [-0.2, 0) is 7.05 Å². The SMILES string of the molecule is Cn1c(OC2CCN(c3ccc(-c4ccncc4)cc3)CC2)nc(-c2ccncc2F)cc1=O. The van der Waals surface area contributed by atoms with Gasteiger partial charge in [-0.2, -0.15) is 4.98 Å². The van der Waals surface area contributed by atoms with Crippen LogP contribution in [0.1, 0.15) is 12.8 Å². The third-order valence-electron chi connectivity index (χ3n) is 6.10. The average Bonchev–Trinajstić information content (AvgIpc) is 2.88. The van der Waals surface area contributed by atoms with E-state index >= 15 is 0 Å². The predicted molar refractivity (Wildman–Crippen MR) is 128 cm³/mol. The average molecular weight is 458 g/mol. The van der Waals surface area contributed by atoms with Gasteiger partial charge in [0.1, 0.15) is 6.10 Å². The zero-order valence-electron chi connectivity index (χ0n) is 18.8. The molecular formula is C26H24FN5O2. The molecule has 172 valence electrons. The van der Waals surface area contributed by atoms with Crippen LogP contribution < -0.4 is 15.2 Å². The number of hydrogen-bond donors (Lipinski definition) is 0. The van der Waals surface area contributed by atoms with Crippen LogP contribution in [0, 0.1) is 5.82 Å². The van der Waals surface area contributed by atoms with Gasteiger partial charge in [0, 0.05) is 68.9 Å². The monoisotopic (exact) mass is 457 g/mol. The van der Waals surface area contributed by atoms with Gasteiger partial charge in [0.05, 0.1) is 11.9 Å². The maximum atomic E-state index is 14.2. The zero-order chi connectivity index (χ0) is 23.5. The molecule has 3 aromatic heterocycles. The number of hydrogen-bond acceptors (Lipinski definition) is 6. The van der Waals surface area contributed by atoms with Crippen LogP contribution >= 0.6 is 0 Å². The van der Waals surface area contributed by atoms with E-state index < -0.39 is 5.82 Å². The molecule has 1 aliphatic heterocycles. The second-order valence-electron chi connectivity index (χ2n) is 8.26. The van der Waals surface area contributed by atoms with Crippen molar-refractivity contribution < 1.29 is 9.13 Å². The number of rotatable bonds is 5. The molecule has 1 aliphatic rings. The maximum absolute atomic E-state index is 14.2. The molecule has 1 aromatic carbocycles. The standard InChI is InChI=1S/C26H24FN5O2/c1-31-25(33)16-24(22-8-13-29-17-23(22)27)30-26(31)34-21-9-14-32(15-10-21)20-4-2-18(3-5-20)19-6-11-28-12-7-19/h2-8,11-13,16-17,21H,9-10,14-15H2,1H3. The largest absolute Gasteiger partial charge is 0.461 e. The number of halogens is 1. The summed E-state index contributed by atoms with van der Waals surface area (Å²) in [6, 6.07) is 15.5. The van der Waals surface area contributed by atoms with Crippen LogP contribution in [-0.4, -0.2) is 38.7 Å². The minimum absolute atomic E-state index is 0.0806. The number of aromatic nitrogens is 4. The Kier molecular flexibility index (Phi) is 6.03. The normalized spacial score (nSPS) is 14.2. The summed E-state index contributed by atoms with van der Waals surface area (Å²) in [4.78, 5) is 27.0. The van der Waals surface area contributed by atoms with E-state index in [1.807, 2.05) is 12.1 Å². The van der Waals surface area contributed by atoms with Crippen molar-refractivity contribution in [2.75, 3.05) is 18.0 Å². The highest BCUT2D eigenvalue weighted by atomic mass is 19.1. The van der Waals surface area contributed by atoms with E-state index in [0.717, 1.165) is 48.9 Å². The highest BCUT2D eigenvalue weighted by Gasteiger charge is 2.23. The minimum Gasteiger partial charge on any atom is -0.461 e. The van der Waals surface area contributed by atoms with Gasteiger partial charge in [0.2, 0.25) is 0 Å². The summed E-state index contributed by atoms with van der Waals surface area (Å²) in [5, 5.41) is 0. The molecular weight excluding hydrogens is 433 g/mol. The number of anilines is 1. The number of piperidine rings is 1. The molecule has 0 amide bonds. The molecule has 5 rings (SSSR count).